The van der Waals surface area contributed by atoms with Gasteiger partial charge in [-0.05, 0) is 61.4 Å². The molecule has 192 valence electrons. The van der Waals surface area contributed by atoms with E-state index in [4.69, 9.17) is 4.84 Å². The highest BCUT2D eigenvalue weighted by atomic mass is 16.7. The SMILES string of the molecule is CCCCCC/C(=N\OC(=O)c1ccccc1)C(=O)c1cccc(N(c2ccccc2)c2ccccc2)c1. The number of nitrogens with zero attached hydrogens (tertiary/aromatic N) is 2. The van der Waals surface area contributed by atoms with E-state index >= 15 is 0 Å². The smallest absolute Gasteiger partial charge is 0.312 e. The Morgan fingerprint density at radius 3 is 1.82 bits per heavy atom. The van der Waals surface area contributed by atoms with Crippen LogP contribution in [-0.4, -0.2) is 17.5 Å². The zero-order chi connectivity index (χ0) is 26.6. The number of Topliss-reactive ketones (excluding diaryl/α,β-unsaturated/α-hetero) is 1. The lowest BCUT2D eigenvalue weighted by Crippen LogP contribution is -2.17. The minimum Gasteiger partial charge on any atom is -0.312 e. The van der Waals surface area contributed by atoms with E-state index in [0.29, 0.717) is 17.5 Å². The normalized spacial score (nSPS) is 11.1. The fourth-order valence-electron chi connectivity index (χ4n) is 4.20. The number of benzene rings is 4. The summed E-state index contributed by atoms with van der Waals surface area (Å²) in [5, 5.41) is 4.07. The van der Waals surface area contributed by atoms with Gasteiger partial charge in [-0.25, -0.2) is 4.79 Å². The summed E-state index contributed by atoms with van der Waals surface area (Å²) in [6, 6.07) is 36.2. The number of carbonyl (C=O) groups excluding carboxylic acids is 2. The minimum atomic E-state index is -0.586. The molecule has 0 saturated heterocycles. The van der Waals surface area contributed by atoms with Crippen LogP contribution >= 0.6 is 0 Å². The zero-order valence-corrected chi connectivity index (χ0v) is 21.6. The van der Waals surface area contributed by atoms with Crippen LogP contribution in [-0.2, 0) is 4.84 Å². The molecule has 0 aliphatic carbocycles. The second kappa shape index (κ2) is 13.7. The van der Waals surface area contributed by atoms with Crippen molar-refractivity contribution < 1.29 is 14.4 Å². The molecule has 0 atom stereocenters. The molecule has 0 heterocycles. The Morgan fingerprint density at radius 1 is 0.658 bits per heavy atom. The molecular weight excluding hydrogens is 472 g/mol. The van der Waals surface area contributed by atoms with Gasteiger partial charge in [0.2, 0.25) is 5.78 Å². The first kappa shape index (κ1) is 26.6. The molecule has 0 radical (unpaired) electrons. The van der Waals surface area contributed by atoms with Gasteiger partial charge in [0.1, 0.15) is 5.71 Å². The number of oxime groups is 1. The molecular formula is C33H32N2O3. The molecule has 4 rings (SSSR count). The molecule has 38 heavy (non-hydrogen) atoms. The second-order valence-corrected chi connectivity index (χ2v) is 8.98. The number of anilines is 3. The average Bonchev–Trinajstić information content (AvgIpc) is 2.98. The fraction of sp³-hybridized carbons (Fsp3) is 0.182. The largest absolute Gasteiger partial charge is 0.365 e. The number of unbranched alkanes of at least 4 members (excludes halogenated alkanes) is 3. The molecule has 0 aliphatic heterocycles. The van der Waals surface area contributed by atoms with E-state index in [1.54, 1.807) is 30.3 Å². The lowest BCUT2D eigenvalue weighted by atomic mass is 10.0. The predicted molar refractivity (Wildman–Crippen MR) is 154 cm³/mol. The summed E-state index contributed by atoms with van der Waals surface area (Å²) in [6.45, 7) is 2.14. The summed E-state index contributed by atoms with van der Waals surface area (Å²) in [5.74, 6) is -0.831. The van der Waals surface area contributed by atoms with Crippen LogP contribution in [0.5, 0.6) is 0 Å². The van der Waals surface area contributed by atoms with Gasteiger partial charge in [0.15, 0.2) is 0 Å². The maximum Gasteiger partial charge on any atom is 0.365 e. The topological polar surface area (TPSA) is 59.0 Å². The number of ketones is 1. The molecule has 0 amide bonds. The maximum absolute atomic E-state index is 13.7. The third kappa shape index (κ3) is 7.04. The maximum atomic E-state index is 13.7. The Bertz CT molecular complexity index is 1310. The fourth-order valence-corrected chi connectivity index (χ4v) is 4.20. The monoisotopic (exact) mass is 504 g/mol. The Morgan fingerprint density at radius 2 is 1.21 bits per heavy atom. The van der Waals surface area contributed by atoms with Gasteiger partial charge in [-0.1, -0.05) is 98.1 Å². The predicted octanol–water partition coefficient (Wildman–Crippen LogP) is 8.52. The van der Waals surface area contributed by atoms with Crippen LogP contribution in [0.15, 0.2) is 120 Å². The highest BCUT2D eigenvalue weighted by Crippen LogP contribution is 2.34. The van der Waals surface area contributed by atoms with Gasteiger partial charge in [-0.15, -0.1) is 0 Å². The molecule has 0 spiro atoms. The van der Waals surface area contributed by atoms with E-state index in [1.165, 1.54) is 0 Å². The summed E-state index contributed by atoms with van der Waals surface area (Å²) in [4.78, 5) is 33.5. The van der Waals surface area contributed by atoms with Crippen molar-refractivity contribution in [3.05, 3.63) is 126 Å². The van der Waals surface area contributed by atoms with Crippen LogP contribution in [0.3, 0.4) is 0 Å². The van der Waals surface area contributed by atoms with E-state index < -0.39 is 5.97 Å². The summed E-state index contributed by atoms with van der Waals surface area (Å²) in [6.07, 6.45) is 4.36. The first-order chi connectivity index (χ1) is 18.7. The van der Waals surface area contributed by atoms with Crippen molar-refractivity contribution in [2.24, 2.45) is 5.16 Å². The summed E-state index contributed by atoms with van der Waals surface area (Å²) < 4.78 is 0. The van der Waals surface area contributed by atoms with Crippen molar-refractivity contribution in [3.8, 4) is 0 Å². The van der Waals surface area contributed by atoms with Crippen molar-refractivity contribution in [1.82, 2.24) is 0 Å². The van der Waals surface area contributed by atoms with Crippen LogP contribution in [0, 0.1) is 0 Å². The third-order valence-corrected chi connectivity index (χ3v) is 6.17. The lowest BCUT2D eigenvalue weighted by molar-refractivity contribution is 0.0514. The summed E-state index contributed by atoms with van der Waals surface area (Å²) in [5.41, 5.74) is 3.93. The standard InChI is InChI=1S/C33H32N2O3/c1-2-3-4-14-24-31(34-38-33(37)26-16-8-5-9-17-26)32(36)27-18-15-23-30(25-27)35(28-19-10-6-11-20-28)29-21-12-7-13-22-29/h5-13,15-23,25H,2-4,14,24H2,1H3/b34-31+. The quantitative estimate of drug-likeness (QED) is 0.0638. The Balaban J connectivity index is 1.64. The Labute approximate surface area is 224 Å². The van der Waals surface area contributed by atoms with Crippen molar-refractivity contribution in [1.29, 1.82) is 0 Å². The molecule has 0 aliphatic rings. The van der Waals surface area contributed by atoms with Gasteiger partial charge >= 0.3 is 5.97 Å². The van der Waals surface area contributed by atoms with Gasteiger partial charge in [-0.2, -0.15) is 0 Å². The van der Waals surface area contributed by atoms with Crippen LogP contribution in [0.4, 0.5) is 17.1 Å². The van der Waals surface area contributed by atoms with E-state index in [1.807, 2.05) is 84.9 Å². The Kier molecular flexibility index (Phi) is 9.57. The van der Waals surface area contributed by atoms with E-state index in [9.17, 15) is 9.59 Å². The minimum absolute atomic E-state index is 0.244. The number of hydrogen-bond acceptors (Lipinski definition) is 5. The number of para-hydroxylation sites is 2. The molecule has 0 unspecified atom stereocenters. The molecule has 4 aromatic carbocycles. The van der Waals surface area contributed by atoms with Crippen molar-refractivity contribution in [3.63, 3.8) is 0 Å². The molecule has 0 fully saturated rings. The zero-order valence-electron chi connectivity index (χ0n) is 21.6. The van der Waals surface area contributed by atoms with Gasteiger partial charge < -0.3 is 9.74 Å². The van der Waals surface area contributed by atoms with Crippen LogP contribution < -0.4 is 4.90 Å². The van der Waals surface area contributed by atoms with Crippen molar-refractivity contribution >= 4 is 34.5 Å². The van der Waals surface area contributed by atoms with Gasteiger partial charge in [-0.3, -0.25) is 4.79 Å². The van der Waals surface area contributed by atoms with Crippen LogP contribution in [0.25, 0.3) is 0 Å². The van der Waals surface area contributed by atoms with Gasteiger partial charge in [0, 0.05) is 22.6 Å². The second-order valence-electron chi connectivity index (χ2n) is 8.98. The lowest BCUT2D eigenvalue weighted by Gasteiger charge is -2.25. The van der Waals surface area contributed by atoms with E-state index in [-0.39, 0.29) is 11.5 Å². The number of rotatable bonds is 12. The first-order valence-corrected chi connectivity index (χ1v) is 13.1. The van der Waals surface area contributed by atoms with E-state index in [0.717, 1.165) is 42.7 Å². The number of carbonyl (C=O) groups is 2. The highest BCUT2D eigenvalue weighted by molar-refractivity contribution is 6.46. The van der Waals surface area contributed by atoms with E-state index in [2.05, 4.69) is 17.0 Å². The summed E-state index contributed by atoms with van der Waals surface area (Å²) >= 11 is 0. The Hall–Kier alpha value is -4.51. The van der Waals surface area contributed by atoms with Gasteiger partial charge in [0.05, 0.1) is 5.56 Å². The molecule has 5 heteroatoms. The summed E-state index contributed by atoms with van der Waals surface area (Å²) in [7, 11) is 0. The first-order valence-electron chi connectivity index (χ1n) is 13.1. The van der Waals surface area contributed by atoms with Crippen molar-refractivity contribution in [2.45, 2.75) is 39.0 Å². The highest BCUT2D eigenvalue weighted by Gasteiger charge is 2.19. The molecule has 0 bridgehead atoms. The molecule has 0 aromatic heterocycles. The molecule has 0 saturated carbocycles. The van der Waals surface area contributed by atoms with Crippen molar-refractivity contribution in [2.75, 3.05) is 4.90 Å². The van der Waals surface area contributed by atoms with Crippen LogP contribution in [0.2, 0.25) is 0 Å². The van der Waals surface area contributed by atoms with Crippen LogP contribution in [0.1, 0.15) is 59.7 Å². The molecule has 4 aromatic rings. The average molecular weight is 505 g/mol. The number of hydrogen-bond donors (Lipinski definition) is 0. The molecule has 5 nitrogen and oxygen atoms in total. The third-order valence-electron chi connectivity index (χ3n) is 6.17. The molecule has 0 N–H and O–H groups in total. The van der Waals surface area contributed by atoms with Gasteiger partial charge in [0.25, 0.3) is 0 Å².